The molecule has 2 heterocycles. The first-order valence-corrected chi connectivity index (χ1v) is 6.91. The van der Waals surface area contributed by atoms with Crippen molar-refractivity contribution in [1.82, 2.24) is 15.4 Å². The summed E-state index contributed by atoms with van der Waals surface area (Å²) in [7, 11) is 0. The molecule has 0 bridgehead atoms. The molecule has 116 valence electrons. The van der Waals surface area contributed by atoms with E-state index in [0.717, 1.165) is 0 Å². The molecule has 0 spiro atoms. The van der Waals surface area contributed by atoms with E-state index in [2.05, 4.69) is 15.4 Å². The maximum Gasteiger partial charge on any atom is 0.271 e. The van der Waals surface area contributed by atoms with Crippen LogP contribution in [0, 0.1) is 0 Å². The second-order valence-corrected chi connectivity index (χ2v) is 4.72. The van der Waals surface area contributed by atoms with Crippen LogP contribution in [0.2, 0.25) is 0 Å². The van der Waals surface area contributed by atoms with Crippen molar-refractivity contribution in [2.24, 2.45) is 5.73 Å². The van der Waals surface area contributed by atoms with Crippen LogP contribution in [0.4, 0.5) is 0 Å². The Kier molecular flexibility index (Phi) is 4.31. The van der Waals surface area contributed by atoms with Crippen LogP contribution in [0.1, 0.15) is 16.9 Å². The van der Waals surface area contributed by atoms with Crippen LogP contribution in [0.15, 0.2) is 24.3 Å². The fourth-order valence-electron chi connectivity index (χ4n) is 2.18. The molecule has 1 amide bonds. The number of amides is 1. The first kappa shape index (κ1) is 14.5. The van der Waals surface area contributed by atoms with E-state index < -0.39 is 5.91 Å². The lowest BCUT2D eigenvalue weighted by Crippen LogP contribution is -2.13. The number of nitrogens with one attached hydrogen (secondary N) is 1. The highest BCUT2D eigenvalue weighted by molar-refractivity contribution is 5.96. The normalized spacial score (nSPS) is 15.1. The first-order valence-electron chi connectivity index (χ1n) is 6.91. The van der Waals surface area contributed by atoms with Crippen LogP contribution < -0.4 is 10.5 Å². The highest BCUT2D eigenvalue weighted by Gasteiger charge is 2.17. The van der Waals surface area contributed by atoms with Gasteiger partial charge in [0.2, 0.25) is 0 Å². The van der Waals surface area contributed by atoms with Crippen molar-refractivity contribution >= 4 is 5.91 Å². The Labute approximate surface area is 126 Å². The van der Waals surface area contributed by atoms with Crippen LogP contribution >= 0.6 is 0 Å². The van der Waals surface area contributed by atoms with E-state index in [0.29, 0.717) is 43.2 Å². The standard InChI is InChI=1S/C14H16N4O4/c15-14(19)13-12(16-18-17-13)9-2-1-3-10(8-9)20-5-4-11-21-6-7-22-11/h1-3,8,11H,4-7H2,(H2,15,19)(H,16,17,18). The van der Waals surface area contributed by atoms with Crippen LogP contribution in [0.25, 0.3) is 11.3 Å². The molecule has 1 aromatic heterocycles. The van der Waals surface area contributed by atoms with Crippen molar-refractivity contribution in [3.8, 4) is 17.0 Å². The molecule has 2 aromatic rings. The quantitative estimate of drug-likeness (QED) is 0.813. The van der Waals surface area contributed by atoms with Crippen molar-refractivity contribution in [3.63, 3.8) is 0 Å². The second kappa shape index (κ2) is 6.54. The summed E-state index contributed by atoms with van der Waals surface area (Å²) in [6.45, 7) is 1.72. The van der Waals surface area contributed by atoms with Gasteiger partial charge in [0.05, 0.1) is 19.8 Å². The van der Waals surface area contributed by atoms with Crippen LogP contribution in [-0.4, -0.2) is 47.4 Å². The van der Waals surface area contributed by atoms with Gasteiger partial charge in [-0.05, 0) is 12.1 Å². The minimum absolute atomic E-state index is 0.102. The molecule has 1 saturated heterocycles. The lowest BCUT2D eigenvalue weighted by Gasteiger charge is -2.10. The summed E-state index contributed by atoms with van der Waals surface area (Å²) in [5.41, 5.74) is 6.47. The SMILES string of the molecule is NC(=O)c1n[nH]nc1-c1cccc(OCCC2OCCO2)c1. The Morgan fingerprint density at radius 3 is 2.95 bits per heavy atom. The third-order valence-corrected chi connectivity index (χ3v) is 3.20. The molecule has 8 heteroatoms. The summed E-state index contributed by atoms with van der Waals surface area (Å²) < 4.78 is 16.4. The van der Waals surface area contributed by atoms with Gasteiger partial charge in [-0.3, -0.25) is 4.79 Å². The average Bonchev–Trinajstić information content (AvgIpc) is 3.19. The highest BCUT2D eigenvalue weighted by atomic mass is 16.7. The van der Waals surface area contributed by atoms with Crippen molar-refractivity contribution in [3.05, 3.63) is 30.0 Å². The number of primary amides is 1. The molecule has 1 aromatic carbocycles. The summed E-state index contributed by atoms with van der Waals surface area (Å²) in [6.07, 6.45) is 0.459. The van der Waals surface area contributed by atoms with Crippen LogP contribution in [0.5, 0.6) is 5.75 Å². The van der Waals surface area contributed by atoms with Gasteiger partial charge in [-0.15, -0.1) is 0 Å². The third-order valence-electron chi connectivity index (χ3n) is 3.20. The van der Waals surface area contributed by atoms with E-state index in [1.165, 1.54) is 0 Å². The number of rotatable bonds is 6. The molecule has 8 nitrogen and oxygen atoms in total. The van der Waals surface area contributed by atoms with Crippen molar-refractivity contribution in [2.45, 2.75) is 12.7 Å². The van der Waals surface area contributed by atoms with E-state index in [1.807, 2.05) is 12.1 Å². The van der Waals surface area contributed by atoms with Gasteiger partial charge in [0.1, 0.15) is 11.4 Å². The minimum atomic E-state index is -0.634. The van der Waals surface area contributed by atoms with Crippen molar-refractivity contribution in [1.29, 1.82) is 0 Å². The molecule has 0 radical (unpaired) electrons. The summed E-state index contributed by atoms with van der Waals surface area (Å²) in [5.74, 6) is 0.0273. The zero-order valence-corrected chi connectivity index (χ0v) is 11.8. The fraction of sp³-hybridized carbons (Fsp3) is 0.357. The number of carbonyl (C=O) groups excluding carboxylic acids is 1. The molecule has 0 saturated carbocycles. The maximum atomic E-state index is 11.3. The molecule has 22 heavy (non-hydrogen) atoms. The number of benzene rings is 1. The van der Waals surface area contributed by atoms with Gasteiger partial charge < -0.3 is 19.9 Å². The Hall–Kier alpha value is -2.45. The predicted octanol–water partition coefficient (Wildman–Crippen LogP) is 0.712. The topological polar surface area (TPSA) is 112 Å². The van der Waals surface area contributed by atoms with Crippen molar-refractivity contribution in [2.75, 3.05) is 19.8 Å². The number of H-pyrrole nitrogens is 1. The second-order valence-electron chi connectivity index (χ2n) is 4.72. The summed E-state index contributed by atoms with van der Waals surface area (Å²) in [5, 5.41) is 10.1. The number of hydrogen-bond donors (Lipinski definition) is 2. The number of ether oxygens (including phenoxy) is 3. The lowest BCUT2D eigenvalue weighted by atomic mass is 10.1. The Morgan fingerprint density at radius 2 is 2.18 bits per heavy atom. The largest absolute Gasteiger partial charge is 0.493 e. The monoisotopic (exact) mass is 304 g/mol. The maximum absolute atomic E-state index is 11.3. The number of hydrogen-bond acceptors (Lipinski definition) is 6. The molecular weight excluding hydrogens is 288 g/mol. The van der Waals surface area contributed by atoms with Gasteiger partial charge >= 0.3 is 0 Å². The number of aromatic nitrogens is 3. The molecule has 0 aliphatic carbocycles. The van der Waals surface area contributed by atoms with E-state index in [-0.39, 0.29) is 12.0 Å². The molecule has 0 unspecified atom stereocenters. The third kappa shape index (κ3) is 3.23. The summed E-state index contributed by atoms with van der Waals surface area (Å²) >= 11 is 0. The molecule has 0 atom stereocenters. The number of nitrogens with zero attached hydrogens (tertiary/aromatic N) is 2. The van der Waals surface area contributed by atoms with Crippen molar-refractivity contribution < 1.29 is 19.0 Å². The van der Waals surface area contributed by atoms with Gasteiger partial charge in [-0.25, -0.2) is 0 Å². The first-order chi connectivity index (χ1) is 10.7. The smallest absolute Gasteiger partial charge is 0.271 e. The fourth-order valence-corrected chi connectivity index (χ4v) is 2.18. The Morgan fingerprint density at radius 1 is 1.36 bits per heavy atom. The zero-order valence-electron chi connectivity index (χ0n) is 11.8. The average molecular weight is 304 g/mol. The van der Waals surface area contributed by atoms with Gasteiger partial charge in [-0.2, -0.15) is 15.4 Å². The molecule has 3 rings (SSSR count). The number of nitrogens with two attached hydrogens (primary N) is 1. The summed E-state index contributed by atoms with van der Waals surface area (Å²) in [4.78, 5) is 11.3. The van der Waals surface area contributed by atoms with Gasteiger partial charge in [0.25, 0.3) is 5.91 Å². The molecule has 1 fully saturated rings. The van der Waals surface area contributed by atoms with E-state index in [4.69, 9.17) is 19.9 Å². The molecule has 1 aliphatic rings. The van der Waals surface area contributed by atoms with Gasteiger partial charge in [-0.1, -0.05) is 12.1 Å². The predicted molar refractivity (Wildman–Crippen MR) is 76.1 cm³/mol. The van der Waals surface area contributed by atoms with E-state index in [1.54, 1.807) is 12.1 Å². The Bertz CT molecular complexity index is 652. The van der Waals surface area contributed by atoms with Gasteiger partial charge in [0, 0.05) is 12.0 Å². The molecule has 3 N–H and O–H groups in total. The molecule has 1 aliphatic heterocycles. The number of aromatic amines is 1. The molecular formula is C14H16N4O4. The van der Waals surface area contributed by atoms with Crippen LogP contribution in [-0.2, 0) is 9.47 Å². The van der Waals surface area contributed by atoms with Gasteiger partial charge in [0.15, 0.2) is 12.0 Å². The van der Waals surface area contributed by atoms with E-state index in [9.17, 15) is 4.79 Å². The lowest BCUT2D eigenvalue weighted by molar-refractivity contribution is -0.0531. The number of carbonyl (C=O) groups is 1. The highest BCUT2D eigenvalue weighted by Crippen LogP contribution is 2.24. The summed E-state index contributed by atoms with van der Waals surface area (Å²) in [6, 6.07) is 7.22. The van der Waals surface area contributed by atoms with E-state index >= 15 is 0 Å². The minimum Gasteiger partial charge on any atom is -0.493 e. The Balaban J connectivity index is 1.66. The zero-order chi connectivity index (χ0) is 15.4. The van der Waals surface area contributed by atoms with Crippen LogP contribution in [0.3, 0.4) is 0 Å².